The van der Waals surface area contributed by atoms with Crippen LogP contribution in [0.4, 0.5) is 17.6 Å². The number of carbonyl (C=O) groups excluding carboxylic acids is 2. The van der Waals surface area contributed by atoms with E-state index in [1.54, 1.807) is 6.92 Å². The summed E-state index contributed by atoms with van der Waals surface area (Å²) in [5.74, 6) is -1.84. The SMILES string of the molecule is Cc1ccc(F)cc1C(C)(C)CC(O)(Cc1cc2c([nH]1)CC(=O)NC2=O)C(F)(F)F. The number of alkyl halides is 3. The molecule has 1 aromatic carbocycles. The van der Waals surface area contributed by atoms with Crippen LogP contribution in [0.15, 0.2) is 24.3 Å². The molecule has 162 valence electrons. The summed E-state index contributed by atoms with van der Waals surface area (Å²) in [5.41, 5.74) is -3.12. The van der Waals surface area contributed by atoms with Gasteiger partial charge in [-0.25, -0.2) is 4.39 Å². The third-order valence-corrected chi connectivity index (χ3v) is 5.46. The van der Waals surface area contributed by atoms with Gasteiger partial charge in [0.2, 0.25) is 5.91 Å². The molecule has 0 saturated carbocycles. The van der Waals surface area contributed by atoms with Gasteiger partial charge in [0.15, 0.2) is 5.60 Å². The van der Waals surface area contributed by atoms with E-state index >= 15 is 0 Å². The highest BCUT2D eigenvalue weighted by atomic mass is 19.4. The fourth-order valence-corrected chi connectivity index (χ4v) is 4.12. The van der Waals surface area contributed by atoms with Gasteiger partial charge in [-0.1, -0.05) is 19.9 Å². The molecule has 3 rings (SSSR count). The molecule has 0 spiro atoms. The maximum absolute atomic E-state index is 14.0. The lowest BCUT2D eigenvalue weighted by Gasteiger charge is -2.38. The Balaban J connectivity index is 1.96. The molecule has 9 heteroatoms. The predicted octanol–water partition coefficient (Wildman–Crippen LogP) is 3.48. The van der Waals surface area contributed by atoms with E-state index in [2.05, 4.69) is 10.3 Å². The molecule has 1 atom stereocenters. The largest absolute Gasteiger partial charge is 0.417 e. The minimum absolute atomic E-state index is 0.0172. The summed E-state index contributed by atoms with van der Waals surface area (Å²) >= 11 is 0. The molecule has 5 nitrogen and oxygen atoms in total. The molecule has 0 bridgehead atoms. The van der Waals surface area contributed by atoms with E-state index in [1.165, 1.54) is 38.1 Å². The van der Waals surface area contributed by atoms with E-state index in [0.29, 0.717) is 11.1 Å². The van der Waals surface area contributed by atoms with Crippen molar-refractivity contribution in [2.75, 3.05) is 0 Å². The first kappa shape index (κ1) is 22.0. The van der Waals surface area contributed by atoms with Crippen molar-refractivity contribution in [2.24, 2.45) is 0 Å². The van der Waals surface area contributed by atoms with Crippen molar-refractivity contribution >= 4 is 11.8 Å². The maximum atomic E-state index is 14.0. The van der Waals surface area contributed by atoms with Gasteiger partial charge in [-0.05, 0) is 48.1 Å². The van der Waals surface area contributed by atoms with Gasteiger partial charge in [0.1, 0.15) is 5.82 Å². The molecule has 2 heterocycles. The lowest BCUT2D eigenvalue weighted by Crippen LogP contribution is -2.51. The number of aliphatic hydroxyl groups is 1. The molecule has 2 amide bonds. The number of hydrogen-bond donors (Lipinski definition) is 3. The quantitative estimate of drug-likeness (QED) is 0.506. The second kappa shape index (κ2) is 7.23. The first-order chi connectivity index (χ1) is 13.7. The second-order valence-electron chi connectivity index (χ2n) is 8.47. The highest BCUT2D eigenvalue weighted by molar-refractivity contribution is 6.09. The first-order valence-corrected chi connectivity index (χ1v) is 9.32. The Morgan fingerprint density at radius 3 is 2.43 bits per heavy atom. The number of aromatic amines is 1. The van der Waals surface area contributed by atoms with E-state index < -0.39 is 47.7 Å². The number of amides is 2. The van der Waals surface area contributed by atoms with Crippen molar-refractivity contribution in [3.63, 3.8) is 0 Å². The van der Waals surface area contributed by atoms with Crippen molar-refractivity contribution in [1.29, 1.82) is 0 Å². The number of hydrogen-bond acceptors (Lipinski definition) is 3. The molecule has 0 radical (unpaired) electrons. The van der Waals surface area contributed by atoms with Crippen molar-refractivity contribution in [3.05, 3.63) is 58.2 Å². The zero-order valence-corrected chi connectivity index (χ0v) is 16.7. The van der Waals surface area contributed by atoms with Crippen LogP contribution in [0.25, 0.3) is 0 Å². The predicted molar refractivity (Wildman–Crippen MR) is 100 cm³/mol. The third-order valence-electron chi connectivity index (χ3n) is 5.46. The molecule has 30 heavy (non-hydrogen) atoms. The molecular formula is C21H22F4N2O3. The lowest BCUT2D eigenvalue weighted by molar-refractivity contribution is -0.266. The molecule has 0 saturated heterocycles. The van der Waals surface area contributed by atoms with Crippen LogP contribution in [0.3, 0.4) is 0 Å². The lowest BCUT2D eigenvalue weighted by atomic mass is 9.72. The van der Waals surface area contributed by atoms with E-state index in [0.717, 1.165) is 0 Å². The molecule has 1 unspecified atom stereocenters. The number of halogens is 4. The highest BCUT2D eigenvalue weighted by Gasteiger charge is 2.56. The molecular weight excluding hydrogens is 404 g/mol. The van der Waals surface area contributed by atoms with Gasteiger partial charge in [0, 0.05) is 17.8 Å². The van der Waals surface area contributed by atoms with Crippen LogP contribution < -0.4 is 5.32 Å². The van der Waals surface area contributed by atoms with Gasteiger partial charge >= 0.3 is 6.18 Å². The Morgan fingerprint density at radius 1 is 1.13 bits per heavy atom. The highest BCUT2D eigenvalue weighted by Crippen LogP contribution is 2.43. The van der Waals surface area contributed by atoms with Crippen molar-refractivity contribution in [1.82, 2.24) is 10.3 Å². The number of benzene rings is 1. The summed E-state index contributed by atoms with van der Waals surface area (Å²) in [4.78, 5) is 26.0. The molecule has 1 aromatic heterocycles. The minimum atomic E-state index is -4.99. The van der Waals surface area contributed by atoms with E-state index in [1.807, 2.05) is 0 Å². The minimum Gasteiger partial charge on any atom is -0.380 e. The standard InChI is InChI=1S/C21H22F4N2O3/c1-11-4-5-12(22)6-15(11)19(2,3)10-20(30,21(23,24)25)9-13-7-14-16(26-13)8-17(28)27-18(14)29/h4-7,26,30H,8-10H2,1-3H3,(H,27,28,29). The maximum Gasteiger partial charge on any atom is 0.417 e. The number of carbonyl (C=O) groups is 2. The number of aryl methyl sites for hydroxylation is 1. The topological polar surface area (TPSA) is 82.2 Å². The molecule has 0 fully saturated rings. The van der Waals surface area contributed by atoms with Gasteiger partial charge in [0.25, 0.3) is 5.91 Å². The Morgan fingerprint density at radius 2 is 1.80 bits per heavy atom. The number of aromatic nitrogens is 1. The van der Waals surface area contributed by atoms with Crippen LogP contribution >= 0.6 is 0 Å². The number of fused-ring (bicyclic) bond motifs is 1. The zero-order chi connectivity index (χ0) is 22.5. The van der Waals surface area contributed by atoms with E-state index in [9.17, 15) is 32.3 Å². The van der Waals surface area contributed by atoms with Crippen molar-refractivity contribution in [3.8, 4) is 0 Å². The van der Waals surface area contributed by atoms with Gasteiger partial charge in [0.05, 0.1) is 12.0 Å². The number of rotatable bonds is 5. The molecule has 1 aliphatic rings. The van der Waals surface area contributed by atoms with Crippen LogP contribution in [0, 0.1) is 12.7 Å². The Labute approximate surface area is 170 Å². The summed E-state index contributed by atoms with van der Waals surface area (Å²) in [6.07, 6.45) is -6.74. The summed E-state index contributed by atoms with van der Waals surface area (Å²) in [6.45, 7) is 4.69. The van der Waals surface area contributed by atoms with Crippen LogP contribution in [-0.2, 0) is 23.1 Å². The fraction of sp³-hybridized carbons (Fsp3) is 0.429. The number of imide groups is 1. The van der Waals surface area contributed by atoms with Crippen molar-refractivity contribution in [2.45, 2.75) is 57.2 Å². The van der Waals surface area contributed by atoms with Crippen molar-refractivity contribution < 1.29 is 32.3 Å². The van der Waals surface area contributed by atoms with E-state index in [-0.39, 0.29) is 23.4 Å². The summed E-state index contributed by atoms with van der Waals surface area (Å²) in [6, 6.07) is 5.10. The number of nitrogens with one attached hydrogen (secondary N) is 2. The third kappa shape index (κ3) is 4.12. The van der Waals surface area contributed by atoms with Crippen LogP contribution in [0.1, 0.15) is 53.1 Å². The molecule has 2 aromatic rings. The summed E-state index contributed by atoms with van der Waals surface area (Å²) in [5, 5.41) is 12.8. The zero-order valence-electron chi connectivity index (χ0n) is 16.7. The van der Waals surface area contributed by atoms with Gasteiger partial charge in [-0.3, -0.25) is 14.9 Å². The van der Waals surface area contributed by atoms with Gasteiger partial charge in [-0.15, -0.1) is 0 Å². The molecule has 1 aliphatic heterocycles. The molecule has 0 aliphatic carbocycles. The average molecular weight is 426 g/mol. The Hall–Kier alpha value is -2.68. The normalized spacial score (nSPS) is 16.8. The van der Waals surface area contributed by atoms with Gasteiger partial charge < -0.3 is 10.1 Å². The van der Waals surface area contributed by atoms with Crippen LogP contribution in [-0.4, -0.2) is 33.7 Å². The van der Waals surface area contributed by atoms with Gasteiger partial charge in [-0.2, -0.15) is 13.2 Å². The average Bonchev–Trinajstić information content (AvgIpc) is 2.97. The second-order valence-corrected chi connectivity index (χ2v) is 8.47. The monoisotopic (exact) mass is 426 g/mol. The summed E-state index contributed by atoms with van der Waals surface area (Å²) in [7, 11) is 0. The smallest absolute Gasteiger partial charge is 0.380 e. The first-order valence-electron chi connectivity index (χ1n) is 9.32. The Kier molecular flexibility index (Phi) is 5.30. The van der Waals surface area contributed by atoms with E-state index in [4.69, 9.17) is 0 Å². The van der Waals surface area contributed by atoms with Crippen LogP contribution in [0.2, 0.25) is 0 Å². The number of H-pyrrole nitrogens is 1. The Bertz CT molecular complexity index is 1010. The van der Waals surface area contributed by atoms with Crippen LogP contribution in [0.5, 0.6) is 0 Å². The molecule has 3 N–H and O–H groups in total. The fourth-order valence-electron chi connectivity index (χ4n) is 4.12. The summed E-state index contributed by atoms with van der Waals surface area (Å²) < 4.78 is 55.6.